The molecular weight excluding hydrogens is 1370 g/mol. The van der Waals surface area contributed by atoms with E-state index in [1.165, 1.54) is 25.0 Å². The zero-order valence-corrected chi connectivity index (χ0v) is 62.4. The topological polar surface area (TPSA) is 39.3 Å². The first-order valence-corrected chi connectivity index (χ1v) is 37.9. The van der Waals surface area contributed by atoms with Crippen LogP contribution in [0.1, 0.15) is 112 Å². The van der Waals surface area contributed by atoms with Crippen LogP contribution in [-0.4, -0.2) is 25.0 Å². The quantitative estimate of drug-likeness (QED) is 0.156. The van der Waals surface area contributed by atoms with Gasteiger partial charge in [-0.15, -0.1) is 11.3 Å². The average molecular weight is 1470 g/mol. The Morgan fingerprint density at radius 2 is 0.631 bits per heavy atom. The molecule has 15 aromatic carbocycles. The lowest BCUT2D eigenvalue weighted by molar-refractivity contribution is 0.590. The number of anilines is 6. The van der Waals surface area contributed by atoms with Crippen LogP contribution in [0.4, 0.5) is 34.1 Å². The van der Waals surface area contributed by atoms with Crippen molar-refractivity contribution in [1.29, 1.82) is 0 Å². The van der Waals surface area contributed by atoms with Crippen LogP contribution in [0.25, 0.3) is 152 Å². The zero-order valence-electron chi connectivity index (χ0n) is 85.6. The first kappa shape index (κ1) is 44.6. The van der Waals surface area contributed by atoms with Crippen molar-refractivity contribution in [2.75, 3.05) is 9.80 Å². The second-order valence-electron chi connectivity index (χ2n) is 32.2. The van der Waals surface area contributed by atoms with Crippen LogP contribution in [0, 0.1) is 0 Å². The van der Waals surface area contributed by atoms with Crippen LogP contribution < -0.4 is 26.2 Å². The van der Waals surface area contributed by atoms with Crippen molar-refractivity contribution in [3.8, 4) is 22.7 Å². The van der Waals surface area contributed by atoms with Gasteiger partial charge in [0.05, 0.1) is 109 Å². The second-order valence-corrected chi connectivity index (χ2v) is 33.3. The van der Waals surface area contributed by atoms with E-state index in [1.807, 2.05) is 78.9 Å². The number of hydrogen-bond acceptors (Lipinski definition) is 4. The molecule has 111 heavy (non-hydrogen) atoms. The summed E-state index contributed by atoms with van der Waals surface area (Å²) in [5.74, 6) is 0. The van der Waals surface area contributed by atoms with Crippen molar-refractivity contribution < 1.29 is 37.3 Å². The van der Waals surface area contributed by atoms with Crippen LogP contribution >= 0.6 is 11.3 Å². The molecule has 2 aliphatic heterocycles. The third kappa shape index (κ3) is 9.09. The maximum absolute atomic E-state index is 9.87. The first-order chi connectivity index (χ1) is 64.0. The summed E-state index contributed by atoms with van der Waals surface area (Å²) in [6, 6.07) is 38.5. The fourth-order valence-electron chi connectivity index (χ4n) is 17.7. The Bertz CT molecular complexity index is 8860. The molecule has 0 bridgehead atoms. The zero-order chi connectivity index (χ0) is 95.3. The molecule has 0 saturated carbocycles. The van der Waals surface area contributed by atoms with E-state index in [4.69, 9.17) is 15.4 Å². The van der Waals surface area contributed by atoms with E-state index in [9.17, 15) is 21.9 Å². The summed E-state index contributed by atoms with van der Waals surface area (Å²) in [6.07, 6.45) is 0. The van der Waals surface area contributed by atoms with E-state index in [0.717, 1.165) is 55.0 Å². The normalized spacial score (nSPS) is 16.4. The molecule has 0 aliphatic carbocycles. The molecule has 6 aromatic heterocycles. The maximum atomic E-state index is 9.87. The lowest BCUT2D eigenvalue weighted by Crippen LogP contribution is -2.61. The molecule has 530 valence electrons. The summed E-state index contributed by atoms with van der Waals surface area (Å²) in [4.78, 5) is 4.25. The van der Waals surface area contributed by atoms with Gasteiger partial charge in [-0.2, -0.15) is 0 Å². The number of furan rings is 1. The minimum atomic E-state index is -0.887. The predicted octanol–water partition coefficient (Wildman–Crippen LogP) is 26.3. The molecule has 0 saturated heterocycles. The van der Waals surface area contributed by atoms with Gasteiger partial charge in [0, 0.05) is 98.8 Å². The number of fused-ring (bicyclic) bond motifs is 22. The molecule has 21 aromatic rings. The highest BCUT2D eigenvalue weighted by Crippen LogP contribution is 2.54. The van der Waals surface area contributed by atoms with Gasteiger partial charge in [-0.3, -0.25) is 0 Å². The Hall–Kier alpha value is -12.8. The Morgan fingerprint density at radius 3 is 1.06 bits per heavy atom. The number of nitrogens with zero attached hydrogens (tertiary/aromatic N) is 6. The van der Waals surface area contributed by atoms with Gasteiger partial charge in [-0.05, 0) is 171 Å². The van der Waals surface area contributed by atoms with Gasteiger partial charge in [-0.1, -0.05) is 244 Å². The van der Waals surface area contributed by atoms with E-state index in [2.05, 4.69) is 131 Å². The number of aromatic nitrogens is 4. The highest BCUT2D eigenvalue weighted by Gasteiger charge is 2.46. The maximum Gasteiger partial charge on any atom is 0.252 e. The number of thiophene rings is 1. The lowest BCUT2D eigenvalue weighted by atomic mass is 9.33. The van der Waals surface area contributed by atoms with E-state index in [-0.39, 0.29) is 87.6 Å². The van der Waals surface area contributed by atoms with Crippen LogP contribution in [0.3, 0.4) is 0 Å². The van der Waals surface area contributed by atoms with Crippen molar-refractivity contribution in [3.63, 3.8) is 0 Å². The van der Waals surface area contributed by atoms with Crippen LogP contribution in [-0.2, 0) is 16.2 Å². The van der Waals surface area contributed by atoms with E-state index >= 15 is 0 Å². The van der Waals surface area contributed by atoms with Crippen molar-refractivity contribution in [2.45, 2.75) is 78.6 Å². The highest BCUT2D eigenvalue weighted by atomic mass is 32.1. The van der Waals surface area contributed by atoms with Crippen molar-refractivity contribution in [2.24, 2.45) is 0 Å². The third-order valence-electron chi connectivity index (χ3n) is 22.9. The number of hydrogen-bond donors (Lipinski definition) is 0. The summed E-state index contributed by atoms with van der Waals surface area (Å²) in [6.45, 7) is 18.6. The Kier molecular flexibility index (Phi) is 9.20. The molecule has 2 aliphatic rings. The minimum absolute atomic E-state index is 0.0822. The molecule has 9 heteroatoms. The highest BCUT2D eigenvalue weighted by molar-refractivity contribution is 7.27. The Labute approximate surface area is 681 Å². The minimum Gasteiger partial charge on any atom is -0.452 e. The number of benzene rings is 15. The van der Waals surface area contributed by atoms with Gasteiger partial charge < -0.3 is 32.5 Å². The Balaban J connectivity index is 0.867. The first-order valence-electron chi connectivity index (χ1n) is 49.0. The van der Waals surface area contributed by atoms with Crippen LogP contribution in [0.5, 0.6) is 0 Å². The summed E-state index contributed by atoms with van der Waals surface area (Å²) < 4.78 is 242. The van der Waals surface area contributed by atoms with Gasteiger partial charge in [0.2, 0.25) is 0 Å². The van der Waals surface area contributed by atoms with Crippen molar-refractivity contribution in [3.05, 3.63) is 319 Å². The molecule has 23 rings (SSSR count). The molecular formula is C102H77BN6OS. The van der Waals surface area contributed by atoms with E-state index in [1.54, 1.807) is 24.3 Å². The van der Waals surface area contributed by atoms with E-state index in [0.29, 0.717) is 87.5 Å². The molecule has 7 nitrogen and oxygen atoms in total. The number of para-hydroxylation sites is 8. The monoisotopic (exact) mass is 1470 g/mol. The molecule has 0 atom stereocenters. The molecule has 0 N–H and O–H groups in total. The number of rotatable bonds is 6. The third-order valence-corrected chi connectivity index (χ3v) is 24.2. The molecule has 8 heterocycles. The largest absolute Gasteiger partial charge is 0.452 e. The summed E-state index contributed by atoms with van der Waals surface area (Å²) >= 11 is 1.32. The van der Waals surface area contributed by atoms with E-state index < -0.39 is 157 Å². The standard InChI is InChI=1S/C102H77BN6OS/c1-100(2,3)60-46-52-85-75(54-60)76-55-61(101(4,5)6)47-53-86(76)106(85)87-42-22-32-71-72-33-23-43-88(97(72)110-96(71)87)108-91-58-63(104-79-36-16-10-26-65(79)66-27-11-17-37-80(66)104)48-50-77(91)103-78-51-49-64(105-81-38-18-12-28-67(81)68-29-13-19-39-82(68)105)59-92(78)109(94-57-62(102(7,8)9)56-93(108)95(94)103)90-45-25-35-74-73-34-24-44-89(98(73)111-99(74)90)107-83-40-20-14-30-69(83)70-31-15-21-41-84(70)107/h10-59H,1-9H3/i10D,11D,12D,13D,14D,15D,16D,17D,18D,19D,20D,21D,26D,27D,28D,29D,30D,31D,36D,37D,38D,39D,40D,41D. The smallest absolute Gasteiger partial charge is 0.252 e. The van der Waals surface area contributed by atoms with Gasteiger partial charge in [0.1, 0.15) is 0 Å². The van der Waals surface area contributed by atoms with Gasteiger partial charge in [0.25, 0.3) is 6.71 Å². The Morgan fingerprint density at radius 1 is 0.279 bits per heavy atom. The lowest BCUT2D eigenvalue weighted by Gasteiger charge is -2.45. The molecule has 0 fully saturated rings. The van der Waals surface area contributed by atoms with Crippen molar-refractivity contribution in [1.82, 2.24) is 18.3 Å². The molecule has 0 amide bonds. The summed E-state index contributed by atoms with van der Waals surface area (Å²) in [7, 11) is 0. The summed E-state index contributed by atoms with van der Waals surface area (Å²) in [5, 5.41) is 4.16. The fourth-order valence-corrected chi connectivity index (χ4v) is 19.0. The van der Waals surface area contributed by atoms with Crippen LogP contribution in [0.15, 0.2) is 307 Å². The van der Waals surface area contributed by atoms with Gasteiger partial charge in [0.15, 0.2) is 11.2 Å². The molecule has 0 unspecified atom stereocenters. The summed E-state index contributed by atoms with van der Waals surface area (Å²) in [5.41, 5.74) is 10.7. The van der Waals surface area contributed by atoms with Crippen molar-refractivity contribution >= 4 is 198 Å². The van der Waals surface area contributed by atoms with Crippen LogP contribution in [0.2, 0.25) is 0 Å². The molecule has 0 radical (unpaired) electrons. The second kappa shape index (κ2) is 22.9. The fraction of sp³-hybridized carbons (Fsp3) is 0.118. The van der Waals surface area contributed by atoms with Gasteiger partial charge >= 0.3 is 0 Å². The average Bonchev–Trinajstić information content (AvgIpc) is 1.63. The SMILES string of the molecule is [2H]c1c([2H])c([2H])c2c(c1[2H])c1c([2H])c([2H])c([2H])c([2H])c1n2-c1ccc2c(c1)N(c1cccc3c1oc1c(-n4c5ccc(C(C)(C)C)cc5c5cc(C(C)(C)C)ccc54)cccc13)c1cc(C(C)(C)C)cc3c1B2c1ccc(-n2c4c([2H])c([2H])c([2H])c([2H])c4c4c([2H])c([2H])c([2H])c([2H])c42)cc1N3c1cccc2c1sc1c(-n3c4c([2H])c([2H])c([2H])c([2H])c4c4c([2H])c([2H])c([2H])c([2H])c43)cccc12. The van der Waals surface area contributed by atoms with Gasteiger partial charge in [-0.25, -0.2) is 0 Å². The molecule has 0 spiro atoms. The predicted molar refractivity (Wildman–Crippen MR) is 474 cm³/mol.